The van der Waals surface area contributed by atoms with Gasteiger partial charge < -0.3 is 19.7 Å². The summed E-state index contributed by atoms with van der Waals surface area (Å²) in [6.07, 6.45) is 5.29. The van der Waals surface area contributed by atoms with E-state index in [9.17, 15) is 9.59 Å². The molecule has 2 amide bonds. The lowest BCUT2D eigenvalue weighted by Gasteiger charge is -2.36. The highest BCUT2D eigenvalue weighted by atomic mass is 16.5. The van der Waals surface area contributed by atoms with Crippen molar-refractivity contribution in [1.29, 1.82) is 0 Å². The number of rotatable bonds is 7. The van der Waals surface area contributed by atoms with E-state index in [1.54, 1.807) is 12.0 Å². The van der Waals surface area contributed by atoms with Crippen molar-refractivity contribution in [3.63, 3.8) is 0 Å². The zero-order valence-corrected chi connectivity index (χ0v) is 18.1. The first kappa shape index (κ1) is 21.5. The molecule has 1 aromatic carbocycles. The second kappa shape index (κ2) is 9.06. The Labute approximate surface area is 173 Å². The van der Waals surface area contributed by atoms with Crippen molar-refractivity contribution in [2.45, 2.75) is 77.4 Å². The topological polar surface area (TPSA) is 67.9 Å². The molecule has 2 aliphatic rings. The van der Waals surface area contributed by atoms with Crippen LogP contribution in [-0.2, 0) is 16.1 Å². The number of nitrogens with zero attached hydrogens (tertiary/aromatic N) is 1. The Bertz CT molecular complexity index is 742. The number of methoxy groups -OCH3 is 1. The van der Waals surface area contributed by atoms with Gasteiger partial charge in [-0.05, 0) is 69.6 Å². The fraction of sp³-hybridized carbons (Fsp3) is 0.652. The Morgan fingerprint density at radius 3 is 2.62 bits per heavy atom. The molecule has 1 aromatic rings. The molecule has 0 bridgehead atoms. The number of nitrogens with one attached hydrogen (secondary N) is 1. The standard InChI is InChI=1S/C23H34N2O4/c1-5-29-19-11-8-17(14-20(19)28-4)15-25-21(26)12-13-23(25,3)22(27)24-18-9-6-16(2)7-10-18/h8,11,14,16,18H,5-7,9-10,12-13,15H2,1-4H3,(H,24,27)/t16?,18?,23-/m0/s1. The van der Waals surface area contributed by atoms with Crippen LogP contribution < -0.4 is 14.8 Å². The maximum Gasteiger partial charge on any atom is 0.245 e. The first-order valence-corrected chi connectivity index (χ1v) is 10.8. The minimum atomic E-state index is -0.814. The van der Waals surface area contributed by atoms with Crippen LogP contribution in [0.15, 0.2) is 18.2 Å². The summed E-state index contributed by atoms with van der Waals surface area (Å²) in [6.45, 7) is 7.02. The van der Waals surface area contributed by atoms with Gasteiger partial charge in [0.2, 0.25) is 11.8 Å². The first-order valence-electron chi connectivity index (χ1n) is 10.8. The minimum absolute atomic E-state index is 0.0211. The van der Waals surface area contributed by atoms with Crippen molar-refractivity contribution in [3.05, 3.63) is 23.8 Å². The molecule has 1 atom stereocenters. The van der Waals surface area contributed by atoms with Gasteiger partial charge in [0.05, 0.1) is 13.7 Å². The van der Waals surface area contributed by atoms with E-state index in [2.05, 4.69) is 12.2 Å². The van der Waals surface area contributed by atoms with Gasteiger partial charge in [-0.15, -0.1) is 0 Å². The highest BCUT2D eigenvalue weighted by molar-refractivity contribution is 5.94. The molecule has 3 rings (SSSR count). The van der Waals surface area contributed by atoms with E-state index in [1.807, 2.05) is 32.0 Å². The highest BCUT2D eigenvalue weighted by Crippen LogP contribution is 2.35. The first-order chi connectivity index (χ1) is 13.9. The van der Waals surface area contributed by atoms with Crippen molar-refractivity contribution in [2.75, 3.05) is 13.7 Å². The van der Waals surface area contributed by atoms with Gasteiger partial charge in [0.25, 0.3) is 0 Å². The molecule has 1 aliphatic heterocycles. The number of hydrogen-bond donors (Lipinski definition) is 1. The largest absolute Gasteiger partial charge is 0.493 e. The number of amides is 2. The van der Waals surface area contributed by atoms with Gasteiger partial charge >= 0.3 is 0 Å². The van der Waals surface area contributed by atoms with Crippen molar-refractivity contribution in [3.8, 4) is 11.5 Å². The fourth-order valence-electron chi connectivity index (χ4n) is 4.41. The van der Waals surface area contributed by atoms with Gasteiger partial charge in [-0.25, -0.2) is 0 Å². The Hall–Kier alpha value is -2.24. The maximum absolute atomic E-state index is 13.2. The fourth-order valence-corrected chi connectivity index (χ4v) is 4.41. The van der Waals surface area contributed by atoms with Crippen LogP contribution in [0.3, 0.4) is 0 Å². The van der Waals surface area contributed by atoms with Crippen LogP contribution in [0.2, 0.25) is 0 Å². The molecule has 1 heterocycles. The molecule has 1 saturated heterocycles. The molecule has 29 heavy (non-hydrogen) atoms. The zero-order valence-electron chi connectivity index (χ0n) is 18.1. The number of carbonyl (C=O) groups is 2. The molecule has 1 aliphatic carbocycles. The third-order valence-corrected chi connectivity index (χ3v) is 6.43. The lowest BCUT2D eigenvalue weighted by Crippen LogP contribution is -2.56. The molecular formula is C23H34N2O4. The van der Waals surface area contributed by atoms with E-state index < -0.39 is 5.54 Å². The molecule has 6 heteroatoms. The summed E-state index contributed by atoms with van der Waals surface area (Å²) in [5, 5.41) is 3.23. The molecular weight excluding hydrogens is 368 g/mol. The van der Waals surface area contributed by atoms with Crippen molar-refractivity contribution in [2.24, 2.45) is 5.92 Å². The van der Waals surface area contributed by atoms with Gasteiger partial charge in [0.1, 0.15) is 5.54 Å². The van der Waals surface area contributed by atoms with Crippen molar-refractivity contribution in [1.82, 2.24) is 10.2 Å². The Morgan fingerprint density at radius 1 is 1.24 bits per heavy atom. The predicted octanol–water partition coefficient (Wildman–Crippen LogP) is 3.67. The maximum atomic E-state index is 13.2. The van der Waals surface area contributed by atoms with Crippen LogP contribution >= 0.6 is 0 Å². The summed E-state index contributed by atoms with van der Waals surface area (Å²) < 4.78 is 11.0. The summed E-state index contributed by atoms with van der Waals surface area (Å²) in [4.78, 5) is 27.5. The van der Waals surface area contributed by atoms with Gasteiger partial charge in [0.15, 0.2) is 11.5 Å². The van der Waals surface area contributed by atoms with Crippen LogP contribution in [0.5, 0.6) is 11.5 Å². The Kier molecular flexibility index (Phi) is 6.70. The highest BCUT2D eigenvalue weighted by Gasteiger charge is 2.47. The molecule has 6 nitrogen and oxygen atoms in total. The monoisotopic (exact) mass is 402 g/mol. The summed E-state index contributed by atoms with van der Waals surface area (Å²) in [7, 11) is 1.60. The molecule has 0 unspecified atom stereocenters. The Balaban J connectivity index is 1.73. The molecule has 1 N–H and O–H groups in total. The SMILES string of the molecule is CCOc1ccc(CN2C(=O)CC[C@@]2(C)C(=O)NC2CCC(C)CC2)cc1OC. The van der Waals surface area contributed by atoms with E-state index in [0.717, 1.165) is 37.2 Å². The van der Waals surface area contributed by atoms with Crippen LogP contribution in [-0.4, -0.2) is 42.0 Å². The number of carbonyl (C=O) groups excluding carboxylic acids is 2. The lowest BCUT2D eigenvalue weighted by molar-refractivity contribution is -0.141. The molecule has 0 spiro atoms. The van der Waals surface area contributed by atoms with Crippen LogP contribution in [0.1, 0.15) is 64.9 Å². The molecule has 1 saturated carbocycles. The van der Waals surface area contributed by atoms with E-state index in [1.165, 1.54) is 0 Å². The molecule has 0 aromatic heterocycles. The number of hydrogen-bond acceptors (Lipinski definition) is 4. The van der Waals surface area contributed by atoms with Crippen molar-refractivity contribution >= 4 is 11.8 Å². The summed E-state index contributed by atoms with van der Waals surface area (Å²) in [6, 6.07) is 5.90. The smallest absolute Gasteiger partial charge is 0.245 e. The second-order valence-electron chi connectivity index (χ2n) is 8.60. The summed E-state index contributed by atoms with van der Waals surface area (Å²) >= 11 is 0. The molecule has 2 fully saturated rings. The van der Waals surface area contributed by atoms with Gasteiger partial charge in [0, 0.05) is 19.0 Å². The number of benzene rings is 1. The van der Waals surface area contributed by atoms with E-state index in [0.29, 0.717) is 37.5 Å². The summed E-state index contributed by atoms with van der Waals surface area (Å²) in [5.41, 5.74) is 0.109. The Morgan fingerprint density at radius 2 is 1.97 bits per heavy atom. The summed E-state index contributed by atoms with van der Waals surface area (Å²) in [5.74, 6) is 2.04. The van der Waals surface area contributed by atoms with E-state index in [4.69, 9.17) is 9.47 Å². The zero-order chi connectivity index (χ0) is 21.0. The third kappa shape index (κ3) is 4.68. The van der Waals surface area contributed by atoms with Crippen LogP contribution in [0.4, 0.5) is 0 Å². The second-order valence-corrected chi connectivity index (χ2v) is 8.60. The average molecular weight is 403 g/mol. The number of likely N-dealkylation sites (tertiary alicyclic amines) is 1. The van der Waals surface area contributed by atoms with Crippen LogP contribution in [0.25, 0.3) is 0 Å². The van der Waals surface area contributed by atoms with E-state index >= 15 is 0 Å². The van der Waals surface area contributed by atoms with E-state index in [-0.39, 0.29) is 17.9 Å². The normalized spacial score (nSPS) is 27.0. The average Bonchev–Trinajstić information content (AvgIpc) is 3.00. The van der Waals surface area contributed by atoms with Gasteiger partial charge in [-0.3, -0.25) is 9.59 Å². The van der Waals surface area contributed by atoms with Crippen molar-refractivity contribution < 1.29 is 19.1 Å². The predicted molar refractivity (Wildman–Crippen MR) is 112 cm³/mol. The van der Waals surface area contributed by atoms with Crippen LogP contribution in [0, 0.1) is 5.92 Å². The molecule has 160 valence electrons. The quantitative estimate of drug-likeness (QED) is 0.756. The lowest BCUT2D eigenvalue weighted by atomic mass is 9.86. The molecule has 0 radical (unpaired) electrons. The third-order valence-electron chi connectivity index (χ3n) is 6.43. The number of ether oxygens (including phenoxy) is 2. The van der Waals surface area contributed by atoms with Gasteiger partial charge in [-0.1, -0.05) is 13.0 Å². The van der Waals surface area contributed by atoms with Gasteiger partial charge in [-0.2, -0.15) is 0 Å². The minimum Gasteiger partial charge on any atom is -0.493 e.